The molecule has 0 aromatic carbocycles. The molecule has 0 aromatic heterocycles. The van der Waals surface area contributed by atoms with E-state index in [1.165, 1.54) is 0 Å². The predicted molar refractivity (Wildman–Crippen MR) is 55.9 cm³/mol. The summed E-state index contributed by atoms with van der Waals surface area (Å²) >= 11 is 0. The average Bonchev–Trinajstić information content (AvgIpc) is 2.13. The molecule has 3 heteroatoms. The topological polar surface area (TPSA) is 46.5 Å². The summed E-state index contributed by atoms with van der Waals surface area (Å²) in [6, 6.07) is 0. The van der Waals surface area contributed by atoms with Crippen molar-refractivity contribution in [1.29, 1.82) is 0 Å². The number of hydrogen-bond donors (Lipinski definition) is 1. The van der Waals surface area contributed by atoms with E-state index >= 15 is 0 Å². The van der Waals surface area contributed by atoms with E-state index in [0.29, 0.717) is 18.6 Å². The van der Waals surface area contributed by atoms with Gasteiger partial charge in [0.15, 0.2) is 0 Å². The van der Waals surface area contributed by atoms with Crippen molar-refractivity contribution in [3.05, 3.63) is 12.2 Å². The highest BCUT2D eigenvalue weighted by Gasteiger charge is 2.27. The Balaban J connectivity index is 4.41. The van der Waals surface area contributed by atoms with Crippen molar-refractivity contribution in [2.24, 2.45) is 5.92 Å². The van der Waals surface area contributed by atoms with Crippen LogP contribution in [0.2, 0.25) is 0 Å². The Hall–Kier alpha value is -0.830. The van der Waals surface area contributed by atoms with Crippen LogP contribution in [0, 0.1) is 5.92 Å². The van der Waals surface area contributed by atoms with Crippen LogP contribution < -0.4 is 0 Å². The molecule has 0 radical (unpaired) electrons. The van der Waals surface area contributed by atoms with Crippen molar-refractivity contribution in [3.63, 3.8) is 0 Å². The Morgan fingerprint density at radius 2 is 2.07 bits per heavy atom. The van der Waals surface area contributed by atoms with Crippen LogP contribution in [-0.2, 0) is 9.53 Å². The van der Waals surface area contributed by atoms with E-state index in [0.717, 1.165) is 6.42 Å². The van der Waals surface area contributed by atoms with Gasteiger partial charge in [-0.3, -0.25) is 4.79 Å². The second-order valence-corrected chi connectivity index (χ2v) is 3.44. The van der Waals surface area contributed by atoms with Crippen LogP contribution in [0.25, 0.3) is 0 Å². The van der Waals surface area contributed by atoms with Crippen molar-refractivity contribution >= 4 is 5.97 Å². The predicted octanol–water partition coefficient (Wildman–Crippen LogP) is 1.90. The number of aliphatic hydroxyl groups is 1. The lowest BCUT2D eigenvalue weighted by atomic mass is 9.93. The molecule has 0 heterocycles. The normalized spacial score (nSPS) is 14.6. The monoisotopic (exact) mass is 200 g/mol. The molecule has 3 nitrogen and oxygen atoms in total. The van der Waals surface area contributed by atoms with Gasteiger partial charge >= 0.3 is 5.97 Å². The lowest BCUT2D eigenvalue weighted by Crippen LogP contribution is -2.30. The van der Waals surface area contributed by atoms with Gasteiger partial charge in [0.2, 0.25) is 0 Å². The maximum absolute atomic E-state index is 11.5. The minimum Gasteiger partial charge on any atom is -0.466 e. The second-order valence-electron chi connectivity index (χ2n) is 3.44. The second kappa shape index (κ2) is 6.60. The van der Waals surface area contributed by atoms with E-state index in [9.17, 15) is 9.90 Å². The summed E-state index contributed by atoms with van der Waals surface area (Å²) in [6.45, 7) is 9.43. The standard InChI is InChI=1S/C11H20O3/c1-5-7-9(10(12)8(3)4)11(13)14-6-2/h9-10,12H,3,5-7H2,1-2,4H3. The zero-order valence-electron chi connectivity index (χ0n) is 9.25. The summed E-state index contributed by atoms with van der Waals surface area (Å²) < 4.78 is 4.89. The number of esters is 1. The van der Waals surface area contributed by atoms with Gasteiger partial charge in [0.05, 0.1) is 18.6 Å². The van der Waals surface area contributed by atoms with Crippen LogP contribution >= 0.6 is 0 Å². The van der Waals surface area contributed by atoms with E-state index in [1.807, 2.05) is 6.92 Å². The van der Waals surface area contributed by atoms with Crippen molar-refractivity contribution in [3.8, 4) is 0 Å². The molecule has 0 aliphatic rings. The Labute approximate surface area is 85.8 Å². The molecule has 0 fully saturated rings. The fourth-order valence-electron chi connectivity index (χ4n) is 1.31. The molecule has 0 spiro atoms. The lowest BCUT2D eigenvalue weighted by Gasteiger charge is -2.20. The Bertz CT molecular complexity index is 199. The first-order valence-electron chi connectivity index (χ1n) is 5.04. The molecule has 2 atom stereocenters. The first-order chi connectivity index (χ1) is 6.54. The van der Waals surface area contributed by atoms with Gasteiger partial charge in [-0.25, -0.2) is 0 Å². The zero-order chi connectivity index (χ0) is 11.1. The van der Waals surface area contributed by atoms with Crippen LogP contribution in [0.4, 0.5) is 0 Å². The fourth-order valence-corrected chi connectivity index (χ4v) is 1.31. The molecule has 2 unspecified atom stereocenters. The molecular formula is C11H20O3. The summed E-state index contributed by atoms with van der Waals surface area (Å²) in [4.78, 5) is 11.5. The van der Waals surface area contributed by atoms with Gasteiger partial charge in [-0.1, -0.05) is 25.5 Å². The van der Waals surface area contributed by atoms with Gasteiger partial charge in [0.25, 0.3) is 0 Å². The van der Waals surface area contributed by atoms with E-state index < -0.39 is 12.0 Å². The van der Waals surface area contributed by atoms with Gasteiger partial charge < -0.3 is 9.84 Å². The van der Waals surface area contributed by atoms with Crippen LogP contribution in [0.5, 0.6) is 0 Å². The molecule has 0 aliphatic heterocycles. The molecule has 14 heavy (non-hydrogen) atoms. The number of carbonyl (C=O) groups excluding carboxylic acids is 1. The number of ether oxygens (including phenoxy) is 1. The fraction of sp³-hybridized carbons (Fsp3) is 0.727. The Morgan fingerprint density at radius 3 is 2.43 bits per heavy atom. The van der Waals surface area contributed by atoms with Gasteiger partial charge in [-0.15, -0.1) is 0 Å². The third kappa shape index (κ3) is 3.92. The molecule has 0 saturated carbocycles. The van der Waals surface area contributed by atoms with E-state index in [1.54, 1.807) is 13.8 Å². The molecule has 82 valence electrons. The Morgan fingerprint density at radius 1 is 1.50 bits per heavy atom. The SMILES string of the molecule is C=C(C)C(O)C(CCC)C(=O)OCC. The lowest BCUT2D eigenvalue weighted by molar-refractivity contribution is -0.151. The van der Waals surface area contributed by atoms with Crippen LogP contribution in [0.15, 0.2) is 12.2 Å². The number of hydrogen-bond acceptors (Lipinski definition) is 3. The molecular weight excluding hydrogens is 180 g/mol. The maximum Gasteiger partial charge on any atom is 0.311 e. The van der Waals surface area contributed by atoms with Gasteiger partial charge in [0, 0.05) is 0 Å². The van der Waals surface area contributed by atoms with Gasteiger partial charge in [0.1, 0.15) is 0 Å². The van der Waals surface area contributed by atoms with Crippen LogP contribution in [0.3, 0.4) is 0 Å². The largest absolute Gasteiger partial charge is 0.466 e. The highest BCUT2D eigenvalue weighted by Crippen LogP contribution is 2.18. The minimum atomic E-state index is -0.783. The summed E-state index contributed by atoms with van der Waals surface area (Å²) in [5.74, 6) is -0.790. The summed E-state index contributed by atoms with van der Waals surface area (Å²) in [5, 5.41) is 9.71. The third-order valence-corrected chi connectivity index (χ3v) is 2.08. The highest BCUT2D eigenvalue weighted by molar-refractivity contribution is 5.73. The molecule has 1 N–H and O–H groups in total. The minimum absolute atomic E-state index is 0.329. The summed E-state index contributed by atoms with van der Waals surface area (Å²) in [6.07, 6.45) is 0.690. The Kier molecular flexibility index (Phi) is 6.21. The van der Waals surface area contributed by atoms with Gasteiger partial charge in [-0.05, 0) is 20.3 Å². The van der Waals surface area contributed by atoms with E-state index in [-0.39, 0.29) is 5.97 Å². The summed E-state index contributed by atoms with van der Waals surface area (Å²) in [5.41, 5.74) is 0.608. The zero-order valence-corrected chi connectivity index (χ0v) is 9.25. The number of rotatable bonds is 6. The first kappa shape index (κ1) is 13.2. The summed E-state index contributed by atoms with van der Waals surface area (Å²) in [7, 11) is 0. The average molecular weight is 200 g/mol. The van der Waals surface area contributed by atoms with Crippen molar-refractivity contribution in [1.82, 2.24) is 0 Å². The molecule has 0 amide bonds. The van der Waals surface area contributed by atoms with Crippen molar-refractivity contribution in [2.75, 3.05) is 6.61 Å². The molecule has 0 aromatic rings. The van der Waals surface area contributed by atoms with Crippen LogP contribution in [-0.4, -0.2) is 23.8 Å². The number of aliphatic hydroxyl groups excluding tert-OH is 1. The van der Waals surface area contributed by atoms with Crippen molar-refractivity contribution in [2.45, 2.75) is 39.7 Å². The molecule has 0 aliphatic carbocycles. The third-order valence-electron chi connectivity index (χ3n) is 2.08. The maximum atomic E-state index is 11.5. The number of carbonyl (C=O) groups is 1. The molecule has 0 rings (SSSR count). The van der Waals surface area contributed by atoms with E-state index in [2.05, 4.69) is 6.58 Å². The molecule has 0 bridgehead atoms. The molecule has 0 saturated heterocycles. The quantitative estimate of drug-likeness (QED) is 0.526. The van der Waals surface area contributed by atoms with Gasteiger partial charge in [-0.2, -0.15) is 0 Å². The van der Waals surface area contributed by atoms with E-state index in [4.69, 9.17) is 4.74 Å². The highest BCUT2D eigenvalue weighted by atomic mass is 16.5. The van der Waals surface area contributed by atoms with Crippen molar-refractivity contribution < 1.29 is 14.6 Å². The van der Waals surface area contributed by atoms with Crippen LogP contribution in [0.1, 0.15) is 33.6 Å². The first-order valence-corrected chi connectivity index (χ1v) is 5.04. The smallest absolute Gasteiger partial charge is 0.311 e.